The average Bonchev–Trinajstić information content (AvgIpc) is 2.77. The van der Waals surface area contributed by atoms with Gasteiger partial charge in [-0.15, -0.1) is 0 Å². The molecule has 14 heteroatoms. The van der Waals surface area contributed by atoms with Gasteiger partial charge in [-0.3, -0.25) is 24.4 Å². The fourth-order valence-corrected chi connectivity index (χ4v) is 3.87. The Morgan fingerprint density at radius 2 is 0.917 bits per heavy atom. The molecule has 1 rings (SSSR count). The van der Waals surface area contributed by atoms with Gasteiger partial charge in [-0.1, -0.05) is 12.8 Å². The zero-order valence-electron chi connectivity index (χ0n) is 20.8. The molecule has 0 aliphatic carbocycles. The first kappa shape index (κ1) is 35.0. The van der Waals surface area contributed by atoms with Crippen LogP contribution < -0.4 is 26.4 Å². The van der Waals surface area contributed by atoms with Crippen molar-refractivity contribution in [3.05, 3.63) is 0 Å². The van der Waals surface area contributed by atoms with Crippen LogP contribution in [-0.4, -0.2) is 135 Å². The summed E-state index contributed by atoms with van der Waals surface area (Å²) in [6.07, 6.45) is 3.80. The normalized spacial score (nSPS) is 17.4. The molecule has 0 aromatic carbocycles. The minimum absolute atomic E-state index is 0. The number of unbranched alkanes of at least 4 members (excludes halogenated alkanes) is 3. The Bertz CT molecular complexity index is 641. The summed E-state index contributed by atoms with van der Waals surface area (Å²) in [6, 6.07) is 0. The van der Waals surface area contributed by atoms with Gasteiger partial charge in [-0.05, 0) is 19.4 Å². The van der Waals surface area contributed by atoms with Gasteiger partial charge >= 0.3 is 39.9 Å². The molecule has 0 bridgehead atoms. The predicted octanol–water partition coefficient (Wildman–Crippen LogP) is -5.91. The number of carboxylic acids is 3. The minimum Gasteiger partial charge on any atom is -0.549 e. The molecule has 1 fully saturated rings. The molecule has 1 saturated heterocycles. The maximum atomic E-state index is 12.5. The number of nitrogens with zero attached hydrogens (tertiary/aromatic N) is 4. The van der Waals surface area contributed by atoms with E-state index in [-0.39, 0.29) is 98.2 Å². The zero-order chi connectivity index (χ0) is 26.1. The number of carbonyl (C=O) groups is 4. The number of carboxylic acid groups (broad SMARTS) is 3. The van der Waals surface area contributed by atoms with Gasteiger partial charge in [-0.2, -0.15) is 0 Å². The largest absolute Gasteiger partial charge is 3.00 e. The second-order valence-electron chi connectivity index (χ2n) is 8.77. The number of hydrogen-bond acceptors (Lipinski definition) is 12. The fourth-order valence-electron chi connectivity index (χ4n) is 3.87. The molecule has 1 heterocycles. The summed E-state index contributed by atoms with van der Waals surface area (Å²) in [5.74, 6) is -3.93. The molecule has 0 aromatic heterocycles. The van der Waals surface area contributed by atoms with Crippen molar-refractivity contribution in [2.24, 2.45) is 5.73 Å². The van der Waals surface area contributed by atoms with Crippen molar-refractivity contribution in [2.75, 3.05) is 91.6 Å². The van der Waals surface area contributed by atoms with Crippen molar-refractivity contribution in [1.29, 1.82) is 0 Å². The third kappa shape index (κ3) is 18.3. The first-order valence-electron chi connectivity index (χ1n) is 12.1. The quantitative estimate of drug-likeness (QED) is 0.169. The van der Waals surface area contributed by atoms with E-state index in [4.69, 9.17) is 5.73 Å². The van der Waals surface area contributed by atoms with Crippen LogP contribution in [0.2, 0.25) is 0 Å². The van der Waals surface area contributed by atoms with Crippen LogP contribution in [0.15, 0.2) is 0 Å². The summed E-state index contributed by atoms with van der Waals surface area (Å²) >= 11 is 0. The number of nitrogens with two attached hydrogens (primary N) is 1. The molecule has 3 N–H and O–H groups in total. The molecule has 207 valence electrons. The molecular weight excluding hydrogens is 618 g/mol. The molecule has 1 radical (unpaired) electrons. The Morgan fingerprint density at radius 3 is 1.25 bits per heavy atom. The SMILES string of the molecule is NCCCCCCNC(=O)CN1CCN(CC(=O)[O-])CCN(CC(=O)[O-])CCN(CC(=O)[O-])CC1.[Gd+3]. The Hall–Kier alpha value is -0.995. The van der Waals surface area contributed by atoms with Crippen LogP contribution in [-0.2, 0) is 19.2 Å². The summed E-state index contributed by atoms with van der Waals surface area (Å²) in [5.41, 5.74) is 5.47. The van der Waals surface area contributed by atoms with Gasteiger partial charge in [0.25, 0.3) is 0 Å². The molecule has 1 amide bonds. The second kappa shape index (κ2) is 21.0. The molecular formula is C22H39GdN6O7. The Morgan fingerprint density at radius 1 is 0.583 bits per heavy atom. The van der Waals surface area contributed by atoms with Gasteiger partial charge in [0.05, 0.1) is 24.5 Å². The van der Waals surface area contributed by atoms with Crippen LogP contribution in [0.25, 0.3) is 0 Å². The van der Waals surface area contributed by atoms with E-state index in [1.807, 2.05) is 4.90 Å². The predicted molar refractivity (Wildman–Crippen MR) is 121 cm³/mol. The monoisotopic (exact) mass is 657 g/mol. The maximum Gasteiger partial charge on any atom is 3.00 e. The van der Waals surface area contributed by atoms with Crippen molar-refractivity contribution in [3.8, 4) is 0 Å². The number of nitrogens with one attached hydrogen (secondary N) is 1. The summed E-state index contributed by atoms with van der Waals surface area (Å²) in [6.45, 7) is 2.74. The summed E-state index contributed by atoms with van der Waals surface area (Å²) in [7, 11) is 0. The van der Waals surface area contributed by atoms with Gasteiger partial charge < -0.3 is 40.8 Å². The average molecular weight is 657 g/mol. The van der Waals surface area contributed by atoms with Crippen LogP contribution >= 0.6 is 0 Å². The molecule has 36 heavy (non-hydrogen) atoms. The Kier molecular flexibility index (Phi) is 20.4. The number of carbonyl (C=O) groups excluding carboxylic acids is 4. The standard InChI is InChI=1S/C22H42N6O7.Gd/c23-5-3-1-2-4-6-24-19(29)15-25-7-9-26(16-20(30)31)11-13-28(18-22(34)35)14-12-27(10-8-25)17-21(32)33;/h1-18,23H2,(H,24,29)(H,30,31)(H,32,33)(H,34,35);/q;+3/p-3. The number of rotatable bonds is 14. The van der Waals surface area contributed by atoms with Gasteiger partial charge in [0.2, 0.25) is 5.91 Å². The molecule has 0 aromatic rings. The van der Waals surface area contributed by atoms with Crippen molar-refractivity contribution in [3.63, 3.8) is 0 Å². The summed E-state index contributed by atoms with van der Waals surface area (Å²) < 4.78 is 0. The number of aliphatic carboxylic acids is 3. The third-order valence-electron chi connectivity index (χ3n) is 5.81. The topological polar surface area (TPSA) is 188 Å². The molecule has 0 unspecified atom stereocenters. The van der Waals surface area contributed by atoms with Crippen LogP contribution in [0.1, 0.15) is 25.7 Å². The van der Waals surface area contributed by atoms with Crippen LogP contribution in [0.4, 0.5) is 0 Å². The second-order valence-corrected chi connectivity index (χ2v) is 8.77. The van der Waals surface area contributed by atoms with Crippen LogP contribution in [0.5, 0.6) is 0 Å². The van der Waals surface area contributed by atoms with Crippen molar-refractivity contribution >= 4 is 23.8 Å². The zero-order valence-corrected chi connectivity index (χ0v) is 23.1. The molecule has 1 aliphatic heterocycles. The Balaban J connectivity index is 0.0000122. The van der Waals surface area contributed by atoms with Gasteiger partial charge in [0, 0.05) is 78.5 Å². The first-order valence-corrected chi connectivity index (χ1v) is 12.1. The molecule has 0 spiro atoms. The van der Waals surface area contributed by atoms with E-state index in [9.17, 15) is 34.5 Å². The van der Waals surface area contributed by atoms with Gasteiger partial charge in [0.1, 0.15) is 0 Å². The van der Waals surface area contributed by atoms with Gasteiger partial charge in [-0.25, -0.2) is 0 Å². The van der Waals surface area contributed by atoms with Crippen molar-refractivity contribution < 1.29 is 74.4 Å². The van der Waals surface area contributed by atoms with Crippen molar-refractivity contribution in [1.82, 2.24) is 24.9 Å². The maximum absolute atomic E-state index is 12.5. The first-order chi connectivity index (χ1) is 16.7. The fraction of sp³-hybridized carbons (Fsp3) is 0.818. The smallest absolute Gasteiger partial charge is 0.549 e. The van der Waals surface area contributed by atoms with E-state index in [1.165, 1.54) is 0 Å². The minimum atomic E-state index is -1.27. The molecule has 1 aliphatic rings. The van der Waals surface area contributed by atoms with Crippen molar-refractivity contribution in [2.45, 2.75) is 25.7 Å². The number of hydrogen-bond donors (Lipinski definition) is 2. The Labute approximate surface area is 245 Å². The van der Waals surface area contributed by atoms with E-state index in [2.05, 4.69) is 5.32 Å². The van der Waals surface area contributed by atoms with E-state index in [0.29, 0.717) is 39.3 Å². The molecule has 0 saturated carbocycles. The molecule has 13 nitrogen and oxygen atoms in total. The summed E-state index contributed by atoms with van der Waals surface area (Å²) in [5, 5.41) is 36.4. The van der Waals surface area contributed by atoms with E-state index in [1.54, 1.807) is 14.7 Å². The van der Waals surface area contributed by atoms with Crippen LogP contribution in [0, 0.1) is 39.9 Å². The van der Waals surface area contributed by atoms with Gasteiger partial charge in [0.15, 0.2) is 0 Å². The summed E-state index contributed by atoms with van der Waals surface area (Å²) in [4.78, 5) is 52.7. The third-order valence-corrected chi connectivity index (χ3v) is 5.81. The number of amides is 1. The van der Waals surface area contributed by atoms with Crippen LogP contribution in [0.3, 0.4) is 0 Å². The van der Waals surface area contributed by atoms with E-state index < -0.39 is 17.9 Å². The molecule has 0 atom stereocenters. The van der Waals surface area contributed by atoms with E-state index >= 15 is 0 Å². The van der Waals surface area contributed by atoms with E-state index in [0.717, 1.165) is 25.7 Å².